The molecule has 0 amide bonds. The minimum absolute atomic E-state index is 0.306. The van der Waals surface area contributed by atoms with Crippen molar-refractivity contribution in [3.8, 4) is 0 Å². The molecule has 0 unspecified atom stereocenters. The van der Waals surface area contributed by atoms with Gasteiger partial charge in [0.1, 0.15) is 11.6 Å². The van der Waals surface area contributed by atoms with E-state index in [2.05, 4.69) is 24.3 Å². The Labute approximate surface area is 124 Å². The first-order valence-corrected chi connectivity index (χ1v) is 7.08. The lowest BCUT2D eigenvalue weighted by Gasteiger charge is -2.09. The molecule has 2 aromatic rings. The van der Waals surface area contributed by atoms with Crippen LogP contribution in [0.3, 0.4) is 0 Å². The lowest BCUT2D eigenvalue weighted by Crippen LogP contribution is -2.22. The van der Waals surface area contributed by atoms with E-state index >= 15 is 0 Å². The van der Waals surface area contributed by atoms with Crippen LogP contribution in [0.25, 0.3) is 0 Å². The van der Waals surface area contributed by atoms with Crippen LogP contribution in [-0.2, 0) is 13.1 Å². The quantitative estimate of drug-likeness (QED) is 0.916. The lowest BCUT2D eigenvalue weighted by molar-refractivity contribution is 0.554. The second-order valence-electron chi connectivity index (χ2n) is 5.58. The first-order chi connectivity index (χ1) is 9.88. The first kappa shape index (κ1) is 15.6. The Morgan fingerprint density at radius 1 is 1.24 bits per heavy atom. The van der Waals surface area contributed by atoms with Crippen molar-refractivity contribution in [1.82, 2.24) is 15.1 Å². The number of benzene rings is 1. The van der Waals surface area contributed by atoms with E-state index < -0.39 is 11.6 Å². The minimum atomic E-state index is -0.563. The molecule has 0 saturated carbocycles. The van der Waals surface area contributed by atoms with Gasteiger partial charge in [0.2, 0.25) is 0 Å². The Morgan fingerprint density at radius 2 is 1.95 bits per heavy atom. The summed E-state index contributed by atoms with van der Waals surface area (Å²) in [7, 11) is 0. The predicted molar refractivity (Wildman–Crippen MR) is 79.1 cm³/mol. The van der Waals surface area contributed by atoms with Gasteiger partial charge in [-0.3, -0.25) is 4.68 Å². The van der Waals surface area contributed by atoms with Crippen molar-refractivity contribution in [2.24, 2.45) is 0 Å². The molecule has 1 aromatic heterocycles. The highest BCUT2D eigenvalue weighted by Gasteiger charge is 2.13. The molecule has 3 nitrogen and oxygen atoms in total. The molecule has 0 aliphatic heterocycles. The van der Waals surface area contributed by atoms with Gasteiger partial charge >= 0.3 is 0 Å². The van der Waals surface area contributed by atoms with Crippen LogP contribution in [0.1, 0.15) is 36.4 Å². The maximum Gasteiger partial charge on any atom is 0.131 e. The molecule has 2 rings (SSSR count). The Morgan fingerprint density at radius 3 is 2.57 bits per heavy atom. The fraction of sp³-hybridized carbons (Fsp3) is 0.438. The number of nitrogens with zero attached hydrogens (tertiary/aromatic N) is 2. The third-order valence-corrected chi connectivity index (χ3v) is 3.55. The molecule has 114 valence electrons. The number of hydrogen-bond donors (Lipinski definition) is 1. The highest BCUT2D eigenvalue weighted by molar-refractivity contribution is 5.26. The van der Waals surface area contributed by atoms with Crippen LogP contribution >= 0.6 is 0 Å². The molecule has 0 spiro atoms. The van der Waals surface area contributed by atoms with E-state index in [9.17, 15) is 8.78 Å². The summed E-state index contributed by atoms with van der Waals surface area (Å²) in [6, 6.07) is 4.03. The molecule has 0 aliphatic carbocycles. The summed E-state index contributed by atoms with van der Waals surface area (Å²) < 4.78 is 28.4. The Kier molecular flexibility index (Phi) is 4.73. The van der Waals surface area contributed by atoms with Gasteiger partial charge in [-0.2, -0.15) is 5.10 Å². The first-order valence-electron chi connectivity index (χ1n) is 7.08. The molecule has 0 bridgehead atoms. The Hall–Kier alpha value is -1.75. The molecule has 0 saturated heterocycles. The third kappa shape index (κ3) is 3.67. The molecule has 21 heavy (non-hydrogen) atoms. The van der Waals surface area contributed by atoms with Crippen LogP contribution in [0.5, 0.6) is 0 Å². The van der Waals surface area contributed by atoms with E-state index in [0.717, 1.165) is 29.6 Å². The fourth-order valence-electron chi connectivity index (χ4n) is 2.26. The summed E-state index contributed by atoms with van der Waals surface area (Å²) in [5.74, 6) is -1.10. The summed E-state index contributed by atoms with van der Waals surface area (Å²) in [6.45, 7) is 9.13. The van der Waals surface area contributed by atoms with Gasteiger partial charge in [0.15, 0.2) is 0 Å². The van der Waals surface area contributed by atoms with Crippen molar-refractivity contribution in [3.63, 3.8) is 0 Å². The molecular weight excluding hydrogens is 272 g/mol. The van der Waals surface area contributed by atoms with Gasteiger partial charge in [-0.25, -0.2) is 8.78 Å². The van der Waals surface area contributed by atoms with E-state index in [1.165, 1.54) is 12.1 Å². The van der Waals surface area contributed by atoms with Gasteiger partial charge < -0.3 is 5.32 Å². The molecule has 1 N–H and O–H groups in total. The summed E-state index contributed by atoms with van der Waals surface area (Å²) in [5.41, 5.74) is 3.50. The van der Waals surface area contributed by atoms with E-state index in [1.807, 2.05) is 13.8 Å². The largest absolute Gasteiger partial charge is 0.310 e. The van der Waals surface area contributed by atoms with Gasteiger partial charge in [-0.1, -0.05) is 19.9 Å². The van der Waals surface area contributed by atoms with Crippen LogP contribution in [0.2, 0.25) is 0 Å². The SMILES string of the molecule is Cc1nn(Cc2ccc(F)cc2F)c(C)c1CNC(C)C. The number of rotatable bonds is 5. The zero-order chi connectivity index (χ0) is 15.6. The number of halogens is 2. The van der Waals surface area contributed by atoms with E-state index in [0.29, 0.717) is 18.2 Å². The molecule has 1 heterocycles. The van der Waals surface area contributed by atoms with Crippen LogP contribution in [0, 0.1) is 25.5 Å². The van der Waals surface area contributed by atoms with Crippen molar-refractivity contribution < 1.29 is 8.78 Å². The average Bonchev–Trinajstić information content (AvgIpc) is 2.65. The van der Waals surface area contributed by atoms with Crippen molar-refractivity contribution in [1.29, 1.82) is 0 Å². The smallest absolute Gasteiger partial charge is 0.131 e. The maximum atomic E-state index is 13.7. The van der Waals surface area contributed by atoms with E-state index in [1.54, 1.807) is 4.68 Å². The summed E-state index contributed by atoms with van der Waals surface area (Å²) >= 11 is 0. The summed E-state index contributed by atoms with van der Waals surface area (Å²) in [6.07, 6.45) is 0. The zero-order valence-corrected chi connectivity index (χ0v) is 12.9. The van der Waals surface area contributed by atoms with Crippen molar-refractivity contribution in [3.05, 3.63) is 52.3 Å². The van der Waals surface area contributed by atoms with Gasteiger partial charge in [0.05, 0.1) is 12.2 Å². The predicted octanol–water partition coefficient (Wildman–Crippen LogP) is 3.32. The summed E-state index contributed by atoms with van der Waals surface area (Å²) in [5, 5.41) is 7.83. The average molecular weight is 293 g/mol. The van der Waals surface area contributed by atoms with Gasteiger partial charge in [-0.15, -0.1) is 0 Å². The Balaban J connectivity index is 2.23. The topological polar surface area (TPSA) is 29.9 Å². The summed E-state index contributed by atoms with van der Waals surface area (Å²) in [4.78, 5) is 0. The van der Waals surface area contributed by atoms with Gasteiger partial charge in [0, 0.05) is 35.5 Å². The normalized spacial score (nSPS) is 11.4. The second-order valence-corrected chi connectivity index (χ2v) is 5.58. The third-order valence-electron chi connectivity index (χ3n) is 3.55. The molecule has 0 aliphatic rings. The maximum absolute atomic E-state index is 13.7. The molecule has 0 atom stereocenters. The van der Waals surface area contributed by atoms with Crippen LogP contribution in [-0.4, -0.2) is 15.8 Å². The number of aryl methyl sites for hydroxylation is 1. The van der Waals surface area contributed by atoms with E-state index in [4.69, 9.17) is 0 Å². The standard InChI is InChI=1S/C16H21F2N3/c1-10(2)19-8-15-11(3)20-21(12(15)4)9-13-5-6-14(17)7-16(13)18/h5-7,10,19H,8-9H2,1-4H3. The van der Waals surface area contributed by atoms with Crippen molar-refractivity contribution in [2.45, 2.75) is 46.8 Å². The minimum Gasteiger partial charge on any atom is -0.310 e. The van der Waals surface area contributed by atoms with Crippen molar-refractivity contribution >= 4 is 0 Å². The highest BCUT2D eigenvalue weighted by atomic mass is 19.1. The number of nitrogens with one attached hydrogen (secondary N) is 1. The number of aromatic nitrogens is 2. The van der Waals surface area contributed by atoms with Crippen molar-refractivity contribution in [2.75, 3.05) is 0 Å². The van der Waals surface area contributed by atoms with Crippen LogP contribution < -0.4 is 5.32 Å². The van der Waals surface area contributed by atoms with E-state index in [-0.39, 0.29) is 0 Å². The Bertz CT molecular complexity index is 633. The lowest BCUT2D eigenvalue weighted by atomic mass is 10.1. The fourth-order valence-corrected chi connectivity index (χ4v) is 2.26. The van der Waals surface area contributed by atoms with Gasteiger partial charge in [-0.05, 0) is 19.9 Å². The molecule has 5 heteroatoms. The molecule has 1 aromatic carbocycles. The van der Waals surface area contributed by atoms with Crippen LogP contribution in [0.15, 0.2) is 18.2 Å². The van der Waals surface area contributed by atoms with Crippen LogP contribution in [0.4, 0.5) is 8.78 Å². The molecular formula is C16H21F2N3. The van der Waals surface area contributed by atoms with Gasteiger partial charge in [0.25, 0.3) is 0 Å². The highest BCUT2D eigenvalue weighted by Crippen LogP contribution is 2.17. The zero-order valence-electron chi connectivity index (χ0n) is 12.9. The second kappa shape index (κ2) is 6.35. The monoisotopic (exact) mass is 293 g/mol. The molecule has 0 fully saturated rings. The molecule has 0 radical (unpaired) electrons. The number of hydrogen-bond acceptors (Lipinski definition) is 2.